The fourth-order valence-corrected chi connectivity index (χ4v) is 2.75. The van der Waals surface area contributed by atoms with Crippen LogP contribution in [0.15, 0.2) is 36.4 Å². The topological polar surface area (TPSA) is 32.3 Å². The van der Waals surface area contributed by atoms with E-state index in [4.69, 9.17) is 11.6 Å². The van der Waals surface area contributed by atoms with E-state index in [0.29, 0.717) is 36.2 Å². The highest BCUT2D eigenvalue weighted by Gasteiger charge is 2.34. The van der Waals surface area contributed by atoms with Crippen molar-refractivity contribution in [2.75, 3.05) is 29.4 Å². The van der Waals surface area contributed by atoms with Crippen LogP contribution in [0.25, 0.3) is 0 Å². The Bertz CT molecular complexity index is 675. The molecule has 122 valence electrons. The molecule has 0 aliphatic carbocycles. The first kappa shape index (κ1) is 15.9. The number of para-hydroxylation sites is 2. The maximum Gasteiger partial charge on any atom is 0.405 e. The zero-order valence-electron chi connectivity index (χ0n) is 12.1. The molecule has 2 heterocycles. The average Bonchev–Trinajstić information content (AvgIpc) is 2.51. The summed E-state index contributed by atoms with van der Waals surface area (Å²) in [4.78, 5) is 3.36. The number of fused-ring (bicyclic) bond motifs is 1. The normalized spacial score (nSPS) is 14.8. The van der Waals surface area contributed by atoms with E-state index in [2.05, 4.69) is 10.2 Å². The van der Waals surface area contributed by atoms with Crippen LogP contribution in [-0.2, 0) is 6.54 Å². The second-order valence-corrected chi connectivity index (χ2v) is 5.68. The molecule has 0 radical (unpaired) electrons. The number of rotatable bonds is 3. The van der Waals surface area contributed by atoms with Gasteiger partial charge in [0.15, 0.2) is 5.15 Å². The van der Waals surface area contributed by atoms with E-state index in [1.165, 1.54) is 4.90 Å². The van der Waals surface area contributed by atoms with Crippen LogP contribution in [-0.4, -0.2) is 36.0 Å². The van der Waals surface area contributed by atoms with E-state index in [9.17, 15) is 13.2 Å². The van der Waals surface area contributed by atoms with Gasteiger partial charge in [-0.3, -0.25) is 0 Å². The van der Waals surface area contributed by atoms with E-state index in [0.717, 1.165) is 5.69 Å². The zero-order valence-corrected chi connectivity index (χ0v) is 12.8. The van der Waals surface area contributed by atoms with Gasteiger partial charge in [-0.15, -0.1) is 5.10 Å². The van der Waals surface area contributed by atoms with Crippen molar-refractivity contribution in [3.63, 3.8) is 0 Å². The molecule has 0 fully saturated rings. The summed E-state index contributed by atoms with van der Waals surface area (Å²) in [7, 11) is 0. The number of benzene rings is 1. The van der Waals surface area contributed by atoms with Crippen LogP contribution in [0, 0.1) is 0 Å². The molecule has 2 aromatic rings. The number of halogens is 4. The molecule has 0 amide bonds. The highest BCUT2D eigenvalue weighted by molar-refractivity contribution is 6.29. The molecule has 0 atom stereocenters. The fourth-order valence-electron chi connectivity index (χ4n) is 2.65. The lowest BCUT2D eigenvalue weighted by molar-refractivity contribution is -0.119. The van der Waals surface area contributed by atoms with Gasteiger partial charge in [-0.25, -0.2) is 0 Å². The van der Waals surface area contributed by atoms with E-state index >= 15 is 0 Å². The molecule has 3 rings (SSSR count). The van der Waals surface area contributed by atoms with Gasteiger partial charge in [-0.05, 0) is 24.3 Å². The van der Waals surface area contributed by atoms with E-state index < -0.39 is 12.7 Å². The van der Waals surface area contributed by atoms with Gasteiger partial charge in [0.2, 0.25) is 0 Å². The Kier molecular flexibility index (Phi) is 4.30. The second-order valence-electron chi connectivity index (χ2n) is 5.29. The third kappa shape index (κ3) is 3.85. The zero-order chi connectivity index (χ0) is 16.4. The van der Waals surface area contributed by atoms with E-state index in [-0.39, 0.29) is 0 Å². The third-order valence-corrected chi connectivity index (χ3v) is 3.81. The number of nitrogens with zero attached hydrogens (tertiary/aromatic N) is 4. The molecule has 8 heteroatoms. The molecule has 1 aliphatic rings. The molecule has 0 saturated carbocycles. The molecule has 0 saturated heterocycles. The number of hydrogen-bond donors (Lipinski definition) is 0. The first-order chi connectivity index (χ1) is 10.9. The predicted molar refractivity (Wildman–Crippen MR) is 82.8 cm³/mol. The van der Waals surface area contributed by atoms with Gasteiger partial charge in [0, 0.05) is 13.1 Å². The van der Waals surface area contributed by atoms with Gasteiger partial charge in [-0.2, -0.15) is 18.3 Å². The summed E-state index contributed by atoms with van der Waals surface area (Å²) in [5.74, 6) is 0. The Labute approximate surface area is 136 Å². The predicted octanol–water partition coefficient (Wildman–Crippen LogP) is 3.52. The molecule has 0 spiro atoms. The minimum absolute atomic E-state index is 0.303. The summed E-state index contributed by atoms with van der Waals surface area (Å²) in [5.41, 5.74) is 2.06. The lowest BCUT2D eigenvalue weighted by Gasteiger charge is -2.39. The van der Waals surface area contributed by atoms with Crippen molar-refractivity contribution < 1.29 is 13.2 Å². The Morgan fingerprint density at radius 1 is 0.957 bits per heavy atom. The SMILES string of the molecule is FC(F)(F)CN1CCN(Cc2ccc(Cl)nn2)c2ccccc21. The van der Waals surface area contributed by atoms with Crippen LogP contribution in [0.1, 0.15) is 5.69 Å². The molecule has 23 heavy (non-hydrogen) atoms. The van der Waals surface area contributed by atoms with Crippen molar-refractivity contribution in [2.45, 2.75) is 12.7 Å². The standard InChI is InChI=1S/C15H14ClF3N4/c16-14-6-5-11(20-21-14)9-22-7-8-23(10-15(17,18)19)13-4-2-1-3-12(13)22/h1-6H,7-10H2. The van der Waals surface area contributed by atoms with Crippen molar-refractivity contribution in [1.29, 1.82) is 0 Å². The maximum absolute atomic E-state index is 12.7. The van der Waals surface area contributed by atoms with Gasteiger partial charge in [-0.1, -0.05) is 23.7 Å². The number of alkyl halides is 3. The molecule has 0 N–H and O–H groups in total. The monoisotopic (exact) mass is 342 g/mol. The summed E-state index contributed by atoms with van der Waals surface area (Å²) in [6.07, 6.45) is -4.23. The summed E-state index contributed by atoms with van der Waals surface area (Å²) in [6.45, 7) is 0.314. The highest BCUT2D eigenvalue weighted by Crippen LogP contribution is 2.35. The molecule has 1 aromatic heterocycles. The van der Waals surface area contributed by atoms with E-state index in [1.807, 2.05) is 17.0 Å². The number of anilines is 2. The summed E-state index contributed by atoms with van der Waals surface area (Å²) < 4.78 is 38.2. The first-order valence-corrected chi connectivity index (χ1v) is 7.44. The molecule has 0 bridgehead atoms. The van der Waals surface area contributed by atoms with Crippen LogP contribution in [0.5, 0.6) is 0 Å². The average molecular weight is 343 g/mol. The Hall–Kier alpha value is -2.02. The molecule has 4 nitrogen and oxygen atoms in total. The van der Waals surface area contributed by atoms with Crippen molar-refractivity contribution in [1.82, 2.24) is 10.2 Å². The number of aromatic nitrogens is 2. The molecular formula is C15H14ClF3N4. The maximum atomic E-state index is 12.7. The third-order valence-electron chi connectivity index (χ3n) is 3.61. The Balaban J connectivity index is 1.83. The van der Waals surface area contributed by atoms with Gasteiger partial charge < -0.3 is 9.80 Å². The Morgan fingerprint density at radius 2 is 1.61 bits per heavy atom. The van der Waals surface area contributed by atoms with Gasteiger partial charge in [0.1, 0.15) is 6.54 Å². The molecule has 0 unspecified atom stereocenters. The lowest BCUT2D eigenvalue weighted by atomic mass is 10.1. The van der Waals surface area contributed by atoms with Crippen LogP contribution in [0.3, 0.4) is 0 Å². The fraction of sp³-hybridized carbons (Fsp3) is 0.333. The van der Waals surface area contributed by atoms with Crippen molar-refractivity contribution >= 4 is 23.0 Å². The minimum atomic E-state index is -4.23. The summed E-state index contributed by atoms with van der Waals surface area (Å²) >= 11 is 5.72. The van der Waals surface area contributed by atoms with Crippen LogP contribution >= 0.6 is 11.6 Å². The Morgan fingerprint density at radius 3 is 2.22 bits per heavy atom. The van der Waals surface area contributed by atoms with Crippen LogP contribution < -0.4 is 9.80 Å². The minimum Gasteiger partial charge on any atom is -0.362 e. The second kappa shape index (κ2) is 6.23. The van der Waals surface area contributed by atoms with Crippen molar-refractivity contribution in [2.24, 2.45) is 0 Å². The quantitative estimate of drug-likeness (QED) is 0.854. The van der Waals surface area contributed by atoms with Crippen LogP contribution in [0.2, 0.25) is 5.15 Å². The van der Waals surface area contributed by atoms with Gasteiger partial charge >= 0.3 is 6.18 Å². The smallest absolute Gasteiger partial charge is 0.362 e. The largest absolute Gasteiger partial charge is 0.405 e. The first-order valence-electron chi connectivity index (χ1n) is 7.06. The van der Waals surface area contributed by atoms with Crippen molar-refractivity contribution in [3.8, 4) is 0 Å². The molecule has 1 aromatic carbocycles. The summed E-state index contributed by atoms with van der Waals surface area (Å²) in [6, 6.07) is 10.5. The van der Waals surface area contributed by atoms with E-state index in [1.54, 1.807) is 24.3 Å². The highest BCUT2D eigenvalue weighted by atomic mass is 35.5. The summed E-state index contributed by atoms with van der Waals surface area (Å²) in [5, 5.41) is 8.11. The van der Waals surface area contributed by atoms with Gasteiger partial charge in [0.05, 0.1) is 23.6 Å². The lowest BCUT2D eigenvalue weighted by Crippen LogP contribution is -2.44. The molecular weight excluding hydrogens is 329 g/mol. The van der Waals surface area contributed by atoms with Crippen LogP contribution in [0.4, 0.5) is 24.5 Å². The van der Waals surface area contributed by atoms with Gasteiger partial charge in [0.25, 0.3) is 0 Å². The van der Waals surface area contributed by atoms with Crippen molar-refractivity contribution in [3.05, 3.63) is 47.2 Å². The molecule has 1 aliphatic heterocycles. The number of hydrogen-bond acceptors (Lipinski definition) is 4.